The largest absolute Gasteiger partial charge is 0.497 e. The van der Waals surface area contributed by atoms with Crippen molar-refractivity contribution in [3.8, 4) is 17.0 Å². The third-order valence-corrected chi connectivity index (χ3v) is 3.81. The van der Waals surface area contributed by atoms with Crippen molar-refractivity contribution in [3.05, 3.63) is 53.6 Å². The van der Waals surface area contributed by atoms with Crippen molar-refractivity contribution < 1.29 is 14.6 Å². The van der Waals surface area contributed by atoms with Gasteiger partial charge in [0.15, 0.2) is 0 Å². The highest BCUT2D eigenvalue weighted by molar-refractivity contribution is 5.96. The van der Waals surface area contributed by atoms with E-state index >= 15 is 0 Å². The molecule has 2 aromatic carbocycles. The number of aromatic nitrogens is 1. The number of ether oxygens (including phenoxy) is 1. The fourth-order valence-electron chi connectivity index (χ4n) is 2.80. The summed E-state index contributed by atoms with van der Waals surface area (Å²) in [6.45, 7) is 1.99. The summed E-state index contributed by atoms with van der Waals surface area (Å²) in [7, 11) is 1.61. The van der Waals surface area contributed by atoms with Crippen LogP contribution < -0.4 is 4.74 Å². The number of nitrogens with one attached hydrogen (secondary N) is 1. The van der Waals surface area contributed by atoms with Crippen LogP contribution in [0.3, 0.4) is 0 Å². The van der Waals surface area contributed by atoms with Gasteiger partial charge in [0.05, 0.1) is 19.2 Å². The van der Waals surface area contributed by atoms with Crippen LogP contribution in [0, 0.1) is 6.92 Å². The zero-order chi connectivity index (χ0) is 15.7. The summed E-state index contributed by atoms with van der Waals surface area (Å²) < 4.78 is 5.32. The molecular formula is C18H17NO3. The fourth-order valence-corrected chi connectivity index (χ4v) is 2.80. The molecule has 0 saturated carbocycles. The summed E-state index contributed by atoms with van der Waals surface area (Å²) >= 11 is 0. The van der Waals surface area contributed by atoms with Gasteiger partial charge in [0.25, 0.3) is 0 Å². The van der Waals surface area contributed by atoms with Crippen LogP contribution in [0.4, 0.5) is 0 Å². The second kappa shape index (κ2) is 5.56. The molecule has 0 fully saturated rings. The van der Waals surface area contributed by atoms with Gasteiger partial charge in [-0.3, -0.25) is 4.79 Å². The Balaban J connectivity index is 2.31. The molecule has 0 aliphatic heterocycles. The molecule has 4 heteroatoms. The first-order chi connectivity index (χ1) is 10.6. The standard InChI is InChI=1S/C18H17NO3/c1-11-8-13(22-2)9-14-15(10-16(20)21)18(19-17(11)14)12-6-4-3-5-7-12/h3-9,19H,10H2,1-2H3,(H,20,21). The Morgan fingerprint density at radius 2 is 1.95 bits per heavy atom. The summed E-state index contributed by atoms with van der Waals surface area (Å²) in [6.07, 6.45) is -0.0309. The minimum atomic E-state index is -0.849. The number of rotatable bonds is 4. The lowest BCUT2D eigenvalue weighted by Crippen LogP contribution is -2.01. The molecule has 0 radical (unpaired) electrons. The molecule has 3 rings (SSSR count). The van der Waals surface area contributed by atoms with E-state index in [0.29, 0.717) is 0 Å². The third-order valence-electron chi connectivity index (χ3n) is 3.81. The number of H-pyrrole nitrogens is 1. The number of aliphatic carboxylic acids is 1. The number of carboxylic acids is 1. The lowest BCUT2D eigenvalue weighted by Gasteiger charge is -2.04. The molecule has 112 valence electrons. The van der Waals surface area contributed by atoms with E-state index in [9.17, 15) is 9.90 Å². The number of hydrogen-bond donors (Lipinski definition) is 2. The van der Waals surface area contributed by atoms with Crippen LogP contribution in [0.5, 0.6) is 5.75 Å². The van der Waals surface area contributed by atoms with Crippen LogP contribution in [0.1, 0.15) is 11.1 Å². The quantitative estimate of drug-likeness (QED) is 0.770. The SMILES string of the molecule is COc1cc(C)c2[nH]c(-c3ccccc3)c(CC(=O)O)c2c1. The summed E-state index contributed by atoms with van der Waals surface area (Å²) in [5.74, 6) is -0.117. The first kappa shape index (κ1) is 14.2. The van der Waals surface area contributed by atoms with Crippen LogP contribution >= 0.6 is 0 Å². The molecule has 3 aromatic rings. The lowest BCUT2D eigenvalue weighted by molar-refractivity contribution is -0.136. The van der Waals surface area contributed by atoms with E-state index < -0.39 is 5.97 Å². The average Bonchev–Trinajstić information content (AvgIpc) is 2.87. The van der Waals surface area contributed by atoms with Gasteiger partial charge in [-0.05, 0) is 35.7 Å². The van der Waals surface area contributed by atoms with E-state index in [2.05, 4.69) is 4.98 Å². The highest BCUT2D eigenvalue weighted by Gasteiger charge is 2.17. The summed E-state index contributed by atoms with van der Waals surface area (Å²) in [4.78, 5) is 14.7. The van der Waals surface area contributed by atoms with E-state index in [1.54, 1.807) is 7.11 Å². The minimum Gasteiger partial charge on any atom is -0.497 e. The number of aryl methyl sites for hydroxylation is 1. The Bertz CT molecular complexity index is 834. The van der Waals surface area contributed by atoms with Gasteiger partial charge < -0.3 is 14.8 Å². The summed E-state index contributed by atoms with van der Waals surface area (Å²) in [5.41, 5.74) is 4.61. The summed E-state index contributed by atoms with van der Waals surface area (Å²) in [6, 6.07) is 13.6. The van der Waals surface area contributed by atoms with Crippen LogP contribution in [0.15, 0.2) is 42.5 Å². The number of fused-ring (bicyclic) bond motifs is 1. The number of aromatic amines is 1. The van der Waals surface area contributed by atoms with Crippen LogP contribution in [0.25, 0.3) is 22.2 Å². The molecule has 0 aliphatic carbocycles. The highest BCUT2D eigenvalue weighted by atomic mass is 16.5. The normalized spacial score (nSPS) is 10.8. The predicted molar refractivity (Wildman–Crippen MR) is 86.4 cm³/mol. The second-order valence-electron chi connectivity index (χ2n) is 5.28. The maximum absolute atomic E-state index is 11.3. The van der Waals surface area contributed by atoms with Crippen molar-refractivity contribution in [2.45, 2.75) is 13.3 Å². The van der Waals surface area contributed by atoms with Gasteiger partial charge in [-0.25, -0.2) is 0 Å². The Kier molecular flexibility index (Phi) is 3.59. The van der Waals surface area contributed by atoms with Gasteiger partial charge in [0, 0.05) is 10.9 Å². The van der Waals surface area contributed by atoms with Crippen molar-refractivity contribution in [3.63, 3.8) is 0 Å². The Labute approximate surface area is 128 Å². The van der Waals surface area contributed by atoms with Gasteiger partial charge in [0.2, 0.25) is 0 Å². The smallest absolute Gasteiger partial charge is 0.307 e. The van der Waals surface area contributed by atoms with E-state index in [4.69, 9.17) is 4.74 Å². The zero-order valence-electron chi connectivity index (χ0n) is 12.5. The van der Waals surface area contributed by atoms with E-state index in [1.165, 1.54) is 0 Å². The molecule has 0 atom stereocenters. The minimum absolute atomic E-state index is 0.0309. The number of methoxy groups -OCH3 is 1. The molecule has 0 bridgehead atoms. The number of hydrogen-bond acceptors (Lipinski definition) is 2. The molecule has 0 spiro atoms. The molecule has 1 heterocycles. The van der Waals surface area contributed by atoms with Crippen molar-refractivity contribution in [1.29, 1.82) is 0 Å². The number of carboxylic acid groups (broad SMARTS) is 1. The highest BCUT2D eigenvalue weighted by Crippen LogP contribution is 2.34. The summed E-state index contributed by atoms with van der Waals surface area (Å²) in [5, 5.41) is 10.2. The van der Waals surface area contributed by atoms with Gasteiger partial charge in [-0.15, -0.1) is 0 Å². The van der Waals surface area contributed by atoms with Gasteiger partial charge >= 0.3 is 5.97 Å². The Hall–Kier alpha value is -2.75. The van der Waals surface area contributed by atoms with Crippen LogP contribution in [-0.4, -0.2) is 23.2 Å². The average molecular weight is 295 g/mol. The maximum atomic E-state index is 11.3. The lowest BCUT2D eigenvalue weighted by atomic mass is 10.0. The van der Waals surface area contributed by atoms with Gasteiger partial charge in [-0.1, -0.05) is 30.3 Å². The molecule has 0 amide bonds. The van der Waals surface area contributed by atoms with E-state index in [-0.39, 0.29) is 6.42 Å². The van der Waals surface area contributed by atoms with E-state index in [1.807, 2.05) is 49.4 Å². The molecule has 1 aromatic heterocycles. The molecule has 0 unspecified atom stereocenters. The first-order valence-electron chi connectivity index (χ1n) is 7.06. The van der Waals surface area contributed by atoms with Gasteiger partial charge in [0.1, 0.15) is 5.75 Å². The van der Waals surface area contributed by atoms with Gasteiger partial charge in [-0.2, -0.15) is 0 Å². The number of benzene rings is 2. The molecule has 22 heavy (non-hydrogen) atoms. The van der Waals surface area contributed by atoms with Crippen molar-refractivity contribution >= 4 is 16.9 Å². The Morgan fingerprint density at radius 1 is 1.23 bits per heavy atom. The molecule has 0 saturated heterocycles. The Morgan fingerprint density at radius 3 is 2.59 bits per heavy atom. The monoisotopic (exact) mass is 295 g/mol. The maximum Gasteiger partial charge on any atom is 0.307 e. The predicted octanol–water partition coefficient (Wildman–Crippen LogP) is 3.78. The zero-order valence-corrected chi connectivity index (χ0v) is 12.5. The molecule has 0 aliphatic rings. The topological polar surface area (TPSA) is 62.3 Å². The third kappa shape index (κ3) is 2.44. The van der Waals surface area contributed by atoms with Crippen LogP contribution in [0.2, 0.25) is 0 Å². The molecule has 4 nitrogen and oxygen atoms in total. The number of carbonyl (C=O) groups is 1. The molecular weight excluding hydrogens is 278 g/mol. The van der Waals surface area contributed by atoms with Crippen molar-refractivity contribution in [1.82, 2.24) is 4.98 Å². The first-order valence-corrected chi connectivity index (χ1v) is 7.06. The van der Waals surface area contributed by atoms with Crippen molar-refractivity contribution in [2.75, 3.05) is 7.11 Å². The second-order valence-corrected chi connectivity index (χ2v) is 5.28. The molecule has 2 N–H and O–H groups in total. The fraction of sp³-hybridized carbons (Fsp3) is 0.167. The van der Waals surface area contributed by atoms with Crippen LogP contribution in [-0.2, 0) is 11.2 Å². The van der Waals surface area contributed by atoms with Crippen molar-refractivity contribution in [2.24, 2.45) is 0 Å². The van der Waals surface area contributed by atoms with E-state index in [0.717, 1.165) is 39.0 Å².